The van der Waals surface area contributed by atoms with Gasteiger partial charge in [0.05, 0.1) is 0 Å². The molecule has 1 heterocycles. The first-order chi connectivity index (χ1) is 7.42. The van der Waals surface area contributed by atoms with E-state index in [1.54, 1.807) is 0 Å². The molecule has 1 rings (SSSR count). The van der Waals surface area contributed by atoms with Crippen molar-refractivity contribution in [1.29, 1.82) is 0 Å². The molecule has 1 aliphatic rings. The van der Waals surface area contributed by atoms with E-state index in [1.165, 1.54) is 6.92 Å². The zero-order valence-corrected chi connectivity index (χ0v) is 9.98. The fourth-order valence-corrected chi connectivity index (χ4v) is 2.03. The highest BCUT2D eigenvalue weighted by Crippen LogP contribution is 2.16. The van der Waals surface area contributed by atoms with E-state index in [1.807, 2.05) is 11.9 Å². The lowest BCUT2D eigenvalue weighted by atomic mass is 9.99. The molecule has 1 fully saturated rings. The highest BCUT2D eigenvalue weighted by Gasteiger charge is 2.31. The molecule has 0 bridgehead atoms. The summed E-state index contributed by atoms with van der Waals surface area (Å²) in [5.74, 6) is -0.630. The molecule has 0 aromatic rings. The minimum atomic E-state index is -1.67. The quantitative estimate of drug-likeness (QED) is 0.706. The lowest BCUT2D eigenvalue weighted by molar-refractivity contribution is -0.158. The number of aliphatic carboxylic acids is 1. The van der Waals surface area contributed by atoms with Crippen LogP contribution in [0.2, 0.25) is 0 Å². The number of carbonyl (C=O) groups is 1. The van der Waals surface area contributed by atoms with Gasteiger partial charge >= 0.3 is 5.97 Å². The second-order valence-corrected chi connectivity index (χ2v) is 4.83. The molecule has 0 aromatic heterocycles. The maximum Gasteiger partial charge on any atom is 0.336 e. The summed E-state index contributed by atoms with van der Waals surface area (Å²) in [6.07, 6.45) is 2.03. The molecule has 1 aliphatic heterocycles. The van der Waals surface area contributed by atoms with Gasteiger partial charge in [-0.2, -0.15) is 0 Å². The van der Waals surface area contributed by atoms with Crippen LogP contribution in [0.15, 0.2) is 0 Å². The number of ether oxygens (including phenoxy) is 1. The van der Waals surface area contributed by atoms with E-state index < -0.39 is 11.6 Å². The van der Waals surface area contributed by atoms with Crippen LogP contribution in [0, 0.1) is 5.92 Å². The van der Waals surface area contributed by atoms with Gasteiger partial charge in [0.15, 0.2) is 5.60 Å². The number of carboxylic acid groups (broad SMARTS) is 1. The lowest BCUT2D eigenvalue weighted by Crippen LogP contribution is -2.46. The van der Waals surface area contributed by atoms with E-state index in [9.17, 15) is 9.90 Å². The molecule has 0 saturated carbocycles. The van der Waals surface area contributed by atoms with E-state index in [-0.39, 0.29) is 6.54 Å². The summed E-state index contributed by atoms with van der Waals surface area (Å²) < 4.78 is 5.26. The predicted octanol–water partition coefficient (Wildman–Crippen LogP) is 0.180. The minimum Gasteiger partial charge on any atom is -0.479 e. The van der Waals surface area contributed by atoms with Gasteiger partial charge in [0, 0.05) is 26.3 Å². The van der Waals surface area contributed by atoms with Gasteiger partial charge in [0.1, 0.15) is 0 Å². The molecule has 0 aromatic carbocycles. The summed E-state index contributed by atoms with van der Waals surface area (Å²) in [5.41, 5.74) is -1.67. The molecule has 16 heavy (non-hydrogen) atoms. The Kier molecular flexibility index (Phi) is 4.70. The Morgan fingerprint density at radius 2 is 2.06 bits per heavy atom. The molecular formula is C11H21NO4. The van der Waals surface area contributed by atoms with Gasteiger partial charge in [-0.05, 0) is 32.7 Å². The van der Waals surface area contributed by atoms with Crippen LogP contribution in [0.25, 0.3) is 0 Å². The molecule has 0 aliphatic carbocycles. The van der Waals surface area contributed by atoms with Crippen LogP contribution in [0.5, 0.6) is 0 Å². The number of hydrogen-bond donors (Lipinski definition) is 2. The van der Waals surface area contributed by atoms with Crippen molar-refractivity contribution in [3.63, 3.8) is 0 Å². The molecule has 1 unspecified atom stereocenters. The van der Waals surface area contributed by atoms with Crippen molar-refractivity contribution >= 4 is 5.97 Å². The maximum absolute atomic E-state index is 10.8. The van der Waals surface area contributed by atoms with Gasteiger partial charge < -0.3 is 19.8 Å². The Morgan fingerprint density at radius 3 is 2.56 bits per heavy atom. The highest BCUT2D eigenvalue weighted by atomic mass is 16.5. The summed E-state index contributed by atoms with van der Waals surface area (Å²) in [6.45, 7) is 3.87. The first kappa shape index (κ1) is 13.4. The number of nitrogens with zero attached hydrogens (tertiary/aromatic N) is 1. The molecule has 5 nitrogen and oxygen atoms in total. The summed E-state index contributed by atoms with van der Waals surface area (Å²) in [6, 6.07) is 0. The Hall–Kier alpha value is -0.650. The zero-order chi connectivity index (χ0) is 12.2. The van der Waals surface area contributed by atoms with E-state index in [0.29, 0.717) is 5.92 Å². The van der Waals surface area contributed by atoms with E-state index >= 15 is 0 Å². The first-order valence-corrected chi connectivity index (χ1v) is 5.64. The highest BCUT2D eigenvalue weighted by molar-refractivity contribution is 5.76. The number of rotatable bonds is 5. The van der Waals surface area contributed by atoms with Crippen LogP contribution in [0.4, 0.5) is 0 Å². The van der Waals surface area contributed by atoms with Gasteiger partial charge in [0.2, 0.25) is 0 Å². The number of carboxylic acids is 1. The minimum absolute atomic E-state index is 0.152. The number of likely N-dealkylation sites (N-methyl/N-ethyl adjacent to an activating group) is 1. The van der Waals surface area contributed by atoms with E-state index in [4.69, 9.17) is 9.84 Å². The molecule has 1 atom stereocenters. The standard InChI is InChI=1S/C11H21NO4/c1-11(15,10(13)14)8-12(2)7-9-3-5-16-6-4-9/h9,15H,3-8H2,1-2H3,(H,13,14). The molecule has 0 amide bonds. The smallest absolute Gasteiger partial charge is 0.336 e. The van der Waals surface area contributed by atoms with Crippen molar-refractivity contribution in [2.45, 2.75) is 25.4 Å². The third-order valence-corrected chi connectivity index (χ3v) is 2.95. The van der Waals surface area contributed by atoms with Crippen molar-refractivity contribution in [3.05, 3.63) is 0 Å². The van der Waals surface area contributed by atoms with Crippen molar-refractivity contribution in [3.8, 4) is 0 Å². The molecule has 0 spiro atoms. The Morgan fingerprint density at radius 1 is 1.50 bits per heavy atom. The Bertz CT molecular complexity index is 236. The third-order valence-electron chi connectivity index (χ3n) is 2.95. The molecule has 1 saturated heterocycles. The van der Waals surface area contributed by atoms with E-state index in [0.717, 1.165) is 32.6 Å². The SMILES string of the molecule is CN(CC1CCOCC1)CC(C)(O)C(=O)O. The van der Waals surface area contributed by atoms with Gasteiger partial charge in [0.25, 0.3) is 0 Å². The molecule has 0 radical (unpaired) electrons. The monoisotopic (exact) mass is 231 g/mol. The largest absolute Gasteiger partial charge is 0.479 e. The van der Waals surface area contributed by atoms with Crippen molar-refractivity contribution in [1.82, 2.24) is 4.90 Å². The normalized spacial score (nSPS) is 22.0. The van der Waals surface area contributed by atoms with Crippen LogP contribution >= 0.6 is 0 Å². The Balaban J connectivity index is 2.34. The van der Waals surface area contributed by atoms with Crippen LogP contribution in [0.3, 0.4) is 0 Å². The van der Waals surface area contributed by atoms with Gasteiger partial charge in [-0.25, -0.2) is 4.79 Å². The fraction of sp³-hybridized carbons (Fsp3) is 0.909. The average molecular weight is 231 g/mol. The summed E-state index contributed by atoms with van der Waals surface area (Å²) in [5, 5.41) is 18.4. The van der Waals surface area contributed by atoms with E-state index in [2.05, 4.69) is 0 Å². The fourth-order valence-electron chi connectivity index (χ4n) is 2.03. The number of aliphatic hydroxyl groups is 1. The zero-order valence-electron chi connectivity index (χ0n) is 9.98. The van der Waals surface area contributed by atoms with Crippen LogP contribution in [-0.2, 0) is 9.53 Å². The van der Waals surface area contributed by atoms with Crippen molar-refractivity contribution in [2.24, 2.45) is 5.92 Å². The average Bonchev–Trinajstić information content (AvgIpc) is 2.17. The summed E-state index contributed by atoms with van der Waals surface area (Å²) in [7, 11) is 1.84. The van der Waals surface area contributed by atoms with Crippen molar-refractivity contribution in [2.75, 3.05) is 33.4 Å². The third kappa shape index (κ3) is 4.08. The van der Waals surface area contributed by atoms with Gasteiger partial charge in [-0.15, -0.1) is 0 Å². The molecular weight excluding hydrogens is 210 g/mol. The molecule has 94 valence electrons. The predicted molar refractivity (Wildman–Crippen MR) is 59.3 cm³/mol. The maximum atomic E-state index is 10.8. The second kappa shape index (κ2) is 5.61. The van der Waals surface area contributed by atoms with Crippen LogP contribution in [0.1, 0.15) is 19.8 Å². The van der Waals surface area contributed by atoms with Crippen LogP contribution in [-0.4, -0.2) is 60.0 Å². The summed E-state index contributed by atoms with van der Waals surface area (Å²) >= 11 is 0. The van der Waals surface area contributed by atoms with Gasteiger partial charge in [-0.3, -0.25) is 0 Å². The summed E-state index contributed by atoms with van der Waals surface area (Å²) in [4.78, 5) is 12.6. The lowest BCUT2D eigenvalue weighted by Gasteiger charge is -2.30. The first-order valence-electron chi connectivity index (χ1n) is 5.64. The van der Waals surface area contributed by atoms with Gasteiger partial charge in [-0.1, -0.05) is 0 Å². The van der Waals surface area contributed by atoms with Crippen LogP contribution < -0.4 is 0 Å². The number of hydrogen-bond acceptors (Lipinski definition) is 4. The van der Waals surface area contributed by atoms with Crippen molar-refractivity contribution < 1.29 is 19.7 Å². The molecule has 2 N–H and O–H groups in total. The molecule has 5 heteroatoms. The Labute approximate surface area is 96.0 Å². The second-order valence-electron chi connectivity index (χ2n) is 4.83. The topological polar surface area (TPSA) is 70.0 Å².